The van der Waals surface area contributed by atoms with Gasteiger partial charge in [0.25, 0.3) is 5.91 Å². The smallest absolute Gasteiger partial charge is 0.261 e. The van der Waals surface area contributed by atoms with Crippen molar-refractivity contribution in [3.05, 3.63) is 48.0 Å². The Labute approximate surface area is 208 Å². The molecule has 0 radical (unpaired) electrons. The maximum Gasteiger partial charge on any atom is 0.261 e. The molecule has 0 atom stereocenters. The van der Waals surface area contributed by atoms with Gasteiger partial charge in [0.2, 0.25) is 0 Å². The highest BCUT2D eigenvalue weighted by atomic mass is 35.5. The molecule has 33 heavy (non-hydrogen) atoms. The first-order valence-electron chi connectivity index (χ1n) is 10.2. The molecule has 0 spiro atoms. The number of sulfone groups is 1. The number of halogens is 1. The monoisotopic (exact) mass is 527 g/mol. The van der Waals surface area contributed by atoms with Gasteiger partial charge in [-0.3, -0.25) is 14.6 Å². The molecule has 178 valence electrons. The second-order valence-corrected chi connectivity index (χ2v) is 11.3. The minimum Gasteiger partial charge on any atom is -0.379 e. The Morgan fingerprint density at radius 2 is 1.91 bits per heavy atom. The lowest BCUT2D eigenvalue weighted by atomic mass is 10.2. The van der Waals surface area contributed by atoms with Crippen LogP contribution in [0.25, 0.3) is 10.2 Å². The Morgan fingerprint density at radius 1 is 1.18 bits per heavy atom. The number of carbonyl (C=O) groups excluding carboxylic acids is 1. The number of hydrogen-bond acceptors (Lipinski definition) is 8. The Bertz CT molecular complexity index is 1230. The van der Waals surface area contributed by atoms with Gasteiger partial charge in [0, 0.05) is 37.3 Å². The summed E-state index contributed by atoms with van der Waals surface area (Å²) in [5.41, 5.74) is 1.03. The molecule has 0 aliphatic carbocycles. The molecular formula is C22H26ClN3O4S3. The molecule has 1 fully saturated rings. The molecule has 0 saturated carbocycles. The molecule has 4 rings (SSSR count). The van der Waals surface area contributed by atoms with Gasteiger partial charge >= 0.3 is 0 Å². The fraction of sp³-hybridized carbons (Fsp3) is 0.364. The highest BCUT2D eigenvalue weighted by Gasteiger charge is 2.27. The van der Waals surface area contributed by atoms with Gasteiger partial charge in [-0.25, -0.2) is 13.4 Å². The number of thioether (sulfide) groups is 1. The van der Waals surface area contributed by atoms with Crippen molar-refractivity contribution in [3.63, 3.8) is 0 Å². The van der Waals surface area contributed by atoms with Gasteiger partial charge in [-0.1, -0.05) is 29.5 Å². The van der Waals surface area contributed by atoms with Crippen LogP contribution in [0, 0.1) is 0 Å². The topological polar surface area (TPSA) is 79.8 Å². The molecule has 1 aromatic heterocycles. The van der Waals surface area contributed by atoms with E-state index in [0.717, 1.165) is 34.5 Å². The SMILES string of the molecule is CSc1cccc2sc(N(CCN3CCOCC3)C(=O)c3ccccc3S(C)(=O)=O)nc12.Cl. The summed E-state index contributed by atoms with van der Waals surface area (Å²) in [5.74, 6) is -0.357. The van der Waals surface area contributed by atoms with E-state index >= 15 is 0 Å². The average Bonchev–Trinajstić information content (AvgIpc) is 3.23. The number of anilines is 1. The minimum atomic E-state index is -3.56. The summed E-state index contributed by atoms with van der Waals surface area (Å²) in [7, 11) is -3.56. The number of nitrogens with zero attached hydrogens (tertiary/aromatic N) is 3. The van der Waals surface area contributed by atoms with E-state index < -0.39 is 9.84 Å². The molecule has 1 saturated heterocycles. The number of hydrogen-bond donors (Lipinski definition) is 0. The summed E-state index contributed by atoms with van der Waals surface area (Å²) in [4.78, 5) is 23.4. The number of para-hydroxylation sites is 1. The first-order valence-corrected chi connectivity index (χ1v) is 14.2. The van der Waals surface area contributed by atoms with Crippen molar-refractivity contribution in [2.45, 2.75) is 9.79 Å². The van der Waals surface area contributed by atoms with E-state index in [4.69, 9.17) is 9.72 Å². The van der Waals surface area contributed by atoms with Crippen molar-refractivity contribution in [2.75, 3.05) is 56.8 Å². The quantitative estimate of drug-likeness (QED) is 0.432. The van der Waals surface area contributed by atoms with Crippen molar-refractivity contribution in [1.82, 2.24) is 9.88 Å². The van der Waals surface area contributed by atoms with Crippen molar-refractivity contribution in [2.24, 2.45) is 0 Å². The fourth-order valence-electron chi connectivity index (χ4n) is 3.65. The largest absolute Gasteiger partial charge is 0.379 e. The van der Waals surface area contributed by atoms with Gasteiger partial charge in [0.15, 0.2) is 15.0 Å². The molecule has 2 heterocycles. The molecule has 1 amide bonds. The summed E-state index contributed by atoms with van der Waals surface area (Å²) in [6, 6.07) is 12.4. The van der Waals surface area contributed by atoms with Crippen LogP contribution in [0.5, 0.6) is 0 Å². The van der Waals surface area contributed by atoms with E-state index in [1.807, 2.05) is 24.5 Å². The zero-order valence-electron chi connectivity index (χ0n) is 18.4. The number of amides is 1. The van der Waals surface area contributed by atoms with E-state index in [9.17, 15) is 13.2 Å². The lowest BCUT2D eigenvalue weighted by Gasteiger charge is -2.29. The van der Waals surface area contributed by atoms with Crippen molar-refractivity contribution >= 4 is 66.6 Å². The molecule has 0 bridgehead atoms. The predicted octanol–water partition coefficient (Wildman–Crippen LogP) is 3.82. The van der Waals surface area contributed by atoms with Crippen LogP contribution in [0.4, 0.5) is 5.13 Å². The van der Waals surface area contributed by atoms with Crippen LogP contribution < -0.4 is 4.90 Å². The van der Waals surface area contributed by atoms with Crippen LogP contribution in [0.3, 0.4) is 0 Å². The third-order valence-electron chi connectivity index (χ3n) is 5.33. The molecule has 11 heteroatoms. The van der Waals surface area contributed by atoms with Crippen molar-refractivity contribution < 1.29 is 17.9 Å². The predicted molar refractivity (Wildman–Crippen MR) is 137 cm³/mol. The molecule has 1 aliphatic heterocycles. The molecule has 0 N–H and O–H groups in total. The maximum atomic E-state index is 13.7. The van der Waals surface area contributed by atoms with Gasteiger partial charge < -0.3 is 4.74 Å². The number of rotatable bonds is 7. The van der Waals surface area contributed by atoms with E-state index in [1.54, 1.807) is 34.9 Å². The minimum absolute atomic E-state index is 0. The van der Waals surface area contributed by atoms with E-state index in [0.29, 0.717) is 31.4 Å². The first kappa shape index (κ1) is 25.9. The van der Waals surface area contributed by atoms with Crippen LogP contribution in [-0.4, -0.2) is 76.1 Å². The Hall–Kier alpha value is -1.69. The molecule has 0 unspecified atom stereocenters. The van der Waals surface area contributed by atoms with Gasteiger partial charge in [-0.2, -0.15) is 0 Å². The number of morpholine rings is 1. The van der Waals surface area contributed by atoms with Crippen molar-refractivity contribution in [1.29, 1.82) is 0 Å². The standard InChI is InChI=1S/C22H25N3O4S3.ClH/c1-30-17-7-5-8-18-20(17)23-22(31-18)25(11-10-24-12-14-29-15-13-24)21(26)16-6-3-4-9-19(16)32(2,27)28;/h3-9H,10-15H2,1-2H3;1H. The van der Waals surface area contributed by atoms with Crippen LogP contribution in [0.2, 0.25) is 0 Å². The van der Waals surface area contributed by atoms with Crippen LogP contribution in [0.1, 0.15) is 10.4 Å². The third-order valence-corrected chi connectivity index (χ3v) is 8.29. The summed E-state index contributed by atoms with van der Waals surface area (Å²) < 4.78 is 31.1. The van der Waals surface area contributed by atoms with Gasteiger partial charge in [0.05, 0.1) is 33.9 Å². The second kappa shape index (κ2) is 11.2. The Kier molecular flexibility index (Phi) is 8.76. The van der Waals surface area contributed by atoms with Gasteiger partial charge in [-0.15, -0.1) is 24.2 Å². The van der Waals surface area contributed by atoms with Crippen LogP contribution in [-0.2, 0) is 14.6 Å². The normalized spacial score (nSPS) is 14.7. The zero-order chi connectivity index (χ0) is 22.7. The molecule has 2 aromatic carbocycles. The number of carbonyl (C=O) groups is 1. The summed E-state index contributed by atoms with van der Waals surface area (Å²) >= 11 is 3.06. The highest BCUT2D eigenvalue weighted by Crippen LogP contribution is 2.35. The van der Waals surface area contributed by atoms with Crippen molar-refractivity contribution in [3.8, 4) is 0 Å². The summed E-state index contributed by atoms with van der Waals surface area (Å²) in [6.45, 7) is 4.01. The summed E-state index contributed by atoms with van der Waals surface area (Å²) in [5, 5.41) is 0.572. The zero-order valence-corrected chi connectivity index (χ0v) is 21.7. The van der Waals surface area contributed by atoms with Gasteiger partial charge in [-0.05, 0) is 30.5 Å². The van der Waals surface area contributed by atoms with E-state index in [-0.39, 0.29) is 28.8 Å². The summed E-state index contributed by atoms with van der Waals surface area (Å²) in [6.07, 6.45) is 3.12. The number of ether oxygens (including phenoxy) is 1. The van der Waals surface area contributed by atoms with Gasteiger partial charge in [0.1, 0.15) is 0 Å². The lowest BCUT2D eigenvalue weighted by Crippen LogP contribution is -2.43. The number of aromatic nitrogens is 1. The fourth-order valence-corrected chi connectivity index (χ4v) is 6.18. The highest BCUT2D eigenvalue weighted by molar-refractivity contribution is 7.98. The van der Waals surface area contributed by atoms with E-state index in [2.05, 4.69) is 4.90 Å². The Morgan fingerprint density at radius 3 is 2.61 bits per heavy atom. The number of thiazole rings is 1. The molecular weight excluding hydrogens is 502 g/mol. The van der Waals surface area contributed by atoms with Crippen LogP contribution in [0.15, 0.2) is 52.3 Å². The van der Waals surface area contributed by atoms with Crippen LogP contribution >= 0.6 is 35.5 Å². The first-order chi connectivity index (χ1) is 15.4. The maximum absolute atomic E-state index is 13.7. The van der Waals surface area contributed by atoms with E-state index in [1.165, 1.54) is 17.4 Å². The second-order valence-electron chi connectivity index (χ2n) is 7.48. The molecule has 7 nitrogen and oxygen atoms in total. The molecule has 1 aliphatic rings. The third kappa shape index (κ3) is 5.87. The Balaban J connectivity index is 0.00000306. The molecule has 3 aromatic rings. The lowest BCUT2D eigenvalue weighted by molar-refractivity contribution is 0.0391. The number of fused-ring (bicyclic) bond motifs is 1. The number of benzene rings is 2. The average molecular weight is 528 g/mol.